The van der Waals surface area contributed by atoms with E-state index >= 15 is 0 Å². The molecule has 0 aliphatic carbocycles. The zero-order chi connectivity index (χ0) is 15.8. The van der Waals surface area contributed by atoms with Gasteiger partial charge in [-0.2, -0.15) is 4.31 Å². The van der Waals surface area contributed by atoms with Gasteiger partial charge in [0.15, 0.2) is 0 Å². The van der Waals surface area contributed by atoms with Crippen LogP contribution in [-0.2, 0) is 16.6 Å². The molecular weight excluding hydrogens is 295 g/mol. The fraction of sp³-hybridized carbons (Fsp3) is 0.571. The van der Waals surface area contributed by atoms with Crippen molar-refractivity contribution >= 4 is 10.0 Å². The van der Waals surface area contributed by atoms with Gasteiger partial charge in [-0.05, 0) is 38.6 Å². The number of halogens is 1. The lowest BCUT2D eigenvalue weighted by molar-refractivity contribution is 0.159. The molecule has 7 heteroatoms. The highest BCUT2D eigenvalue weighted by molar-refractivity contribution is 7.89. The molecule has 5 nitrogen and oxygen atoms in total. The smallest absolute Gasteiger partial charge is 0.243 e. The van der Waals surface area contributed by atoms with Gasteiger partial charge < -0.3 is 10.0 Å². The van der Waals surface area contributed by atoms with Crippen molar-refractivity contribution in [2.24, 2.45) is 0 Å². The molecule has 1 saturated heterocycles. The Labute approximate surface area is 125 Å². The van der Waals surface area contributed by atoms with Gasteiger partial charge in [0.1, 0.15) is 5.82 Å². The van der Waals surface area contributed by atoms with E-state index < -0.39 is 22.4 Å². The number of aliphatic hydroxyl groups excluding tert-OH is 1. The average Bonchev–Trinajstić information content (AvgIpc) is 2.44. The molecule has 0 aromatic heterocycles. The zero-order valence-corrected chi connectivity index (χ0v) is 13.3. The molecule has 1 heterocycles. The average molecular weight is 316 g/mol. The first-order valence-electron chi connectivity index (χ1n) is 6.87. The fourth-order valence-corrected chi connectivity index (χ4v) is 4.10. The SMILES string of the molecule is Cc1cc(S(=O)(=O)N2CCN(C)C(C)C2)cc(CO)c1F. The van der Waals surface area contributed by atoms with E-state index in [9.17, 15) is 12.8 Å². The second kappa shape index (κ2) is 6.00. The number of benzene rings is 1. The van der Waals surface area contributed by atoms with Crippen LogP contribution in [0.5, 0.6) is 0 Å². The number of rotatable bonds is 3. The summed E-state index contributed by atoms with van der Waals surface area (Å²) in [6.45, 7) is 4.43. The summed E-state index contributed by atoms with van der Waals surface area (Å²) in [5, 5.41) is 9.17. The normalized spacial score (nSPS) is 21.7. The third-order valence-corrected chi connectivity index (χ3v) is 5.88. The van der Waals surface area contributed by atoms with Crippen LogP contribution in [0.4, 0.5) is 4.39 Å². The second-order valence-electron chi connectivity index (χ2n) is 5.56. The Bertz CT molecular complexity index is 633. The molecule has 0 amide bonds. The fourth-order valence-electron chi connectivity index (χ4n) is 2.45. The number of hydrogen-bond donors (Lipinski definition) is 1. The summed E-state index contributed by atoms with van der Waals surface area (Å²) < 4.78 is 40.5. The number of sulfonamides is 1. The van der Waals surface area contributed by atoms with Crippen LogP contribution in [-0.4, -0.2) is 55.5 Å². The van der Waals surface area contributed by atoms with Crippen LogP contribution < -0.4 is 0 Å². The van der Waals surface area contributed by atoms with Crippen LogP contribution >= 0.6 is 0 Å². The number of hydrogen-bond acceptors (Lipinski definition) is 4. The van der Waals surface area contributed by atoms with Gasteiger partial charge in [-0.3, -0.25) is 0 Å². The van der Waals surface area contributed by atoms with Crippen molar-refractivity contribution < 1.29 is 17.9 Å². The number of nitrogens with zero attached hydrogens (tertiary/aromatic N) is 2. The van der Waals surface area contributed by atoms with Crippen molar-refractivity contribution in [2.75, 3.05) is 26.7 Å². The Hall–Kier alpha value is -1.02. The topological polar surface area (TPSA) is 60.9 Å². The van der Waals surface area contributed by atoms with Gasteiger partial charge in [-0.25, -0.2) is 12.8 Å². The molecular formula is C14H21FN2O3S. The minimum absolute atomic E-state index is 0.00995. The van der Waals surface area contributed by atoms with E-state index in [0.717, 1.165) is 0 Å². The van der Waals surface area contributed by atoms with Crippen molar-refractivity contribution in [3.63, 3.8) is 0 Å². The van der Waals surface area contributed by atoms with E-state index in [1.807, 2.05) is 14.0 Å². The molecule has 1 N–H and O–H groups in total. The molecule has 0 radical (unpaired) electrons. The Balaban J connectivity index is 2.38. The van der Waals surface area contributed by atoms with E-state index in [1.165, 1.54) is 23.4 Å². The van der Waals surface area contributed by atoms with Crippen molar-refractivity contribution in [1.82, 2.24) is 9.21 Å². The van der Waals surface area contributed by atoms with Crippen LogP contribution in [0.3, 0.4) is 0 Å². The molecule has 2 rings (SSSR count). The summed E-state index contributed by atoms with van der Waals surface area (Å²) in [4.78, 5) is 2.14. The molecule has 1 fully saturated rings. The van der Waals surface area contributed by atoms with E-state index in [4.69, 9.17) is 5.11 Å². The molecule has 1 aromatic carbocycles. The predicted molar refractivity (Wildman–Crippen MR) is 77.9 cm³/mol. The van der Waals surface area contributed by atoms with Crippen LogP contribution in [0.15, 0.2) is 17.0 Å². The third-order valence-electron chi connectivity index (χ3n) is 4.03. The highest BCUT2D eigenvalue weighted by Gasteiger charge is 2.31. The van der Waals surface area contributed by atoms with Gasteiger partial charge in [0.25, 0.3) is 0 Å². The number of aliphatic hydroxyl groups is 1. The minimum Gasteiger partial charge on any atom is -0.392 e. The Morgan fingerprint density at radius 2 is 2.05 bits per heavy atom. The number of likely N-dealkylation sites (N-methyl/N-ethyl adjacent to an activating group) is 1. The summed E-state index contributed by atoms with van der Waals surface area (Å²) in [7, 11) is -1.70. The molecule has 1 aliphatic rings. The first-order chi connectivity index (χ1) is 9.77. The lowest BCUT2D eigenvalue weighted by atomic mass is 10.1. The maximum Gasteiger partial charge on any atom is 0.243 e. The minimum atomic E-state index is -3.66. The number of piperazine rings is 1. The molecule has 118 valence electrons. The molecule has 1 aromatic rings. The Kier molecular flexibility index (Phi) is 4.67. The van der Waals surface area contributed by atoms with Gasteiger partial charge in [0.2, 0.25) is 10.0 Å². The first-order valence-corrected chi connectivity index (χ1v) is 8.31. The number of aryl methyl sites for hydroxylation is 1. The summed E-state index contributed by atoms with van der Waals surface area (Å²) in [6, 6.07) is 2.68. The van der Waals surface area contributed by atoms with Gasteiger partial charge in [-0.1, -0.05) is 0 Å². The molecule has 0 saturated carbocycles. The Morgan fingerprint density at radius 1 is 1.38 bits per heavy atom. The maximum atomic E-state index is 13.8. The summed E-state index contributed by atoms with van der Waals surface area (Å²) in [5.41, 5.74) is 0.234. The first kappa shape index (κ1) is 16.4. The van der Waals surface area contributed by atoms with Gasteiger partial charge in [0, 0.05) is 31.2 Å². The lowest BCUT2D eigenvalue weighted by Crippen LogP contribution is -2.51. The second-order valence-corrected chi connectivity index (χ2v) is 7.50. The van der Waals surface area contributed by atoms with Crippen LogP contribution in [0, 0.1) is 12.7 Å². The predicted octanol–water partition coefficient (Wildman–Crippen LogP) is 0.951. The highest BCUT2D eigenvalue weighted by Crippen LogP contribution is 2.24. The zero-order valence-electron chi connectivity index (χ0n) is 12.5. The van der Waals surface area contributed by atoms with Crippen LogP contribution in [0.25, 0.3) is 0 Å². The van der Waals surface area contributed by atoms with E-state index in [0.29, 0.717) is 19.6 Å². The van der Waals surface area contributed by atoms with Crippen LogP contribution in [0.1, 0.15) is 18.1 Å². The maximum absolute atomic E-state index is 13.8. The quantitative estimate of drug-likeness (QED) is 0.902. The molecule has 1 atom stereocenters. The van der Waals surface area contributed by atoms with Crippen molar-refractivity contribution in [3.8, 4) is 0 Å². The molecule has 1 unspecified atom stereocenters. The molecule has 0 bridgehead atoms. The largest absolute Gasteiger partial charge is 0.392 e. The van der Waals surface area contributed by atoms with E-state index in [1.54, 1.807) is 0 Å². The third kappa shape index (κ3) is 3.11. The summed E-state index contributed by atoms with van der Waals surface area (Å²) >= 11 is 0. The standard InChI is InChI=1S/C14H21FN2O3S/c1-10-6-13(7-12(9-18)14(10)15)21(19,20)17-5-4-16(3)11(2)8-17/h6-7,11,18H,4-5,8-9H2,1-3H3. The van der Waals surface area contributed by atoms with Crippen molar-refractivity contribution in [3.05, 3.63) is 29.1 Å². The van der Waals surface area contributed by atoms with E-state index in [2.05, 4.69) is 4.90 Å². The molecule has 21 heavy (non-hydrogen) atoms. The van der Waals surface area contributed by atoms with Crippen molar-refractivity contribution in [2.45, 2.75) is 31.4 Å². The molecule has 0 spiro atoms. The van der Waals surface area contributed by atoms with Gasteiger partial charge in [0.05, 0.1) is 11.5 Å². The van der Waals surface area contributed by atoms with Crippen LogP contribution in [0.2, 0.25) is 0 Å². The van der Waals surface area contributed by atoms with Crippen molar-refractivity contribution in [1.29, 1.82) is 0 Å². The van der Waals surface area contributed by atoms with Gasteiger partial charge in [-0.15, -0.1) is 0 Å². The van der Waals surface area contributed by atoms with E-state index in [-0.39, 0.29) is 22.1 Å². The summed E-state index contributed by atoms with van der Waals surface area (Å²) in [6.07, 6.45) is 0. The molecule has 1 aliphatic heterocycles. The lowest BCUT2D eigenvalue weighted by Gasteiger charge is -2.36. The summed E-state index contributed by atoms with van der Waals surface area (Å²) in [5.74, 6) is -0.553. The Morgan fingerprint density at radius 3 is 2.62 bits per heavy atom. The highest BCUT2D eigenvalue weighted by atomic mass is 32.2. The van der Waals surface area contributed by atoms with Gasteiger partial charge >= 0.3 is 0 Å². The monoisotopic (exact) mass is 316 g/mol.